The van der Waals surface area contributed by atoms with E-state index in [4.69, 9.17) is 4.74 Å². The number of carbonyl (C=O) groups excluding carboxylic acids is 1. The Morgan fingerprint density at radius 2 is 1.91 bits per heavy atom. The van der Waals surface area contributed by atoms with E-state index in [2.05, 4.69) is 31.5 Å². The Balaban J connectivity index is 2.84. The Labute approximate surface area is 142 Å². The first-order chi connectivity index (χ1) is 10.7. The minimum Gasteiger partial charge on any atom is -0.457 e. The Morgan fingerprint density at radius 3 is 2.43 bits per heavy atom. The number of carbonyl (C=O) groups is 1. The molecule has 0 radical (unpaired) electrons. The van der Waals surface area contributed by atoms with Crippen molar-refractivity contribution in [3.63, 3.8) is 0 Å². The standard InChI is InChI=1S/C20H33NO2/c1-8-10-16(9-2)18-12-17(13-21(7)14-18)15(3)11-19(22)23-20(4,5)6/h8,10-11,17-18H,1,9,12-14H2,2-7H3/b15-11-,16-10+. The summed E-state index contributed by atoms with van der Waals surface area (Å²) in [7, 11) is 2.15. The lowest BCUT2D eigenvalue weighted by Crippen LogP contribution is -2.39. The predicted octanol–water partition coefficient (Wildman–Crippen LogP) is 4.36. The maximum absolute atomic E-state index is 12.0. The zero-order valence-electron chi connectivity index (χ0n) is 15.7. The van der Waals surface area contributed by atoms with Crippen LogP contribution in [-0.4, -0.2) is 36.6 Å². The van der Waals surface area contributed by atoms with Crippen LogP contribution in [0.4, 0.5) is 0 Å². The molecule has 0 amide bonds. The minimum atomic E-state index is -0.443. The third-order valence-electron chi connectivity index (χ3n) is 4.29. The summed E-state index contributed by atoms with van der Waals surface area (Å²) in [5.74, 6) is 0.687. The van der Waals surface area contributed by atoms with Gasteiger partial charge in [-0.1, -0.05) is 36.8 Å². The number of nitrogens with zero attached hydrogens (tertiary/aromatic N) is 1. The second-order valence-electron chi connectivity index (χ2n) is 7.60. The minimum absolute atomic E-state index is 0.239. The monoisotopic (exact) mass is 319 g/mol. The van der Waals surface area contributed by atoms with Crippen LogP contribution in [0.1, 0.15) is 47.5 Å². The van der Waals surface area contributed by atoms with Gasteiger partial charge in [-0.05, 0) is 59.4 Å². The average molecular weight is 319 g/mol. The molecule has 0 N–H and O–H groups in total. The summed E-state index contributed by atoms with van der Waals surface area (Å²) < 4.78 is 5.41. The molecule has 0 saturated carbocycles. The fraction of sp³-hybridized carbons (Fsp3) is 0.650. The maximum Gasteiger partial charge on any atom is 0.331 e. The third-order valence-corrected chi connectivity index (χ3v) is 4.29. The van der Waals surface area contributed by atoms with E-state index in [-0.39, 0.29) is 5.97 Å². The lowest BCUT2D eigenvalue weighted by Gasteiger charge is -2.37. The molecular formula is C20H33NO2. The number of hydrogen-bond acceptors (Lipinski definition) is 3. The predicted molar refractivity (Wildman–Crippen MR) is 97.3 cm³/mol. The molecule has 1 fully saturated rings. The fourth-order valence-electron chi connectivity index (χ4n) is 3.25. The number of allylic oxidation sites excluding steroid dienone is 2. The van der Waals surface area contributed by atoms with Crippen molar-refractivity contribution in [1.82, 2.24) is 4.90 Å². The smallest absolute Gasteiger partial charge is 0.331 e. The van der Waals surface area contributed by atoms with Crippen molar-refractivity contribution >= 4 is 5.97 Å². The van der Waals surface area contributed by atoms with Crippen molar-refractivity contribution < 1.29 is 9.53 Å². The van der Waals surface area contributed by atoms with Crippen LogP contribution in [0.3, 0.4) is 0 Å². The summed E-state index contributed by atoms with van der Waals surface area (Å²) in [5.41, 5.74) is 2.12. The van der Waals surface area contributed by atoms with Crippen LogP contribution in [0.25, 0.3) is 0 Å². The molecule has 2 unspecified atom stereocenters. The van der Waals surface area contributed by atoms with Crippen molar-refractivity contribution in [3.05, 3.63) is 36.0 Å². The summed E-state index contributed by atoms with van der Waals surface area (Å²) in [4.78, 5) is 14.4. The molecule has 0 aromatic carbocycles. The second-order valence-corrected chi connectivity index (χ2v) is 7.60. The summed E-state index contributed by atoms with van der Waals surface area (Å²) in [6, 6.07) is 0. The Hall–Kier alpha value is -1.35. The molecule has 0 aromatic heterocycles. The molecule has 0 bridgehead atoms. The van der Waals surface area contributed by atoms with Gasteiger partial charge in [-0.2, -0.15) is 0 Å². The van der Waals surface area contributed by atoms with Crippen LogP contribution in [0, 0.1) is 11.8 Å². The van der Waals surface area contributed by atoms with Crippen molar-refractivity contribution in [2.24, 2.45) is 11.8 Å². The van der Waals surface area contributed by atoms with Gasteiger partial charge in [-0.25, -0.2) is 4.79 Å². The van der Waals surface area contributed by atoms with Gasteiger partial charge in [0.25, 0.3) is 0 Å². The lowest BCUT2D eigenvalue weighted by molar-refractivity contribution is -0.148. The van der Waals surface area contributed by atoms with Crippen LogP contribution < -0.4 is 0 Å². The highest BCUT2D eigenvalue weighted by Crippen LogP contribution is 2.32. The molecule has 1 aliphatic heterocycles. The van der Waals surface area contributed by atoms with Crippen LogP contribution in [0.5, 0.6) is 0 Å². The molecule has 0 aromatic rings. The number of likely N-dealkylation sites (tertiary alicyclic amines) is 1. The first-order valence-electron chi connectivity index (χ1n) is 8.57. The van der Waals surface area contributed by atoms with Crippen molar-refractivity contribution in [1.29, 1.82) is 0 Å². The Bertz CT molecular complexity index is 482. The SMILES string of the molecule is C=C/C=C(\CC)C1CC(/C(C)=C\C(=O)OC(C)(C)C)CN(C)C1. The summed E-state index contributed by atoms with van der Waals surface area (Å²) in [5, 5.41) is 0. The maximum atomic E-state index is 12.0. The zero-order chi connectivity index (χ0) is 17.6. The normalized spacial score (nSPS) is 24.4. The van der Waals surface area contributed by atoms with Crippen molar-refractivity contribution in [2.45, 2.75) is 53.1 Å². The number of piperidine rings is 1. The van der Waals surface area contributed by atoms with Gasteiger partial charge < -0.3 is 9.64 Å². The van der Waals surface area contributed by atoms with E-state index in [1.54, 1.807) is 6.08 Å². The van der Waals surface area contributed by atoms with E-state index >= 15 is 0 Å². The van der Waals surface area contributed by atoms with E-state index in [1.165, 1.54) is 5.57 Å². The van der Waals surface area contributed by atoms with Crippen molar-refractivity contribution in [2.75, 3.05) is 20.1 Å². The fourth-order valence-corrected chi connectivity index (χ4v) is 3.25. The van der Waals surface area contributed by atoms with Gasteiger partial charge in [-0.15, -0.1) is 0 Å². The molecule has 23 heavy (non-hydrogen) atoms. The van der Waals surface area contributed by atoms with E-state index < -0.39 is 5.60 Å². The summed E-state index contributed by atoms with van der Waals surface area (Å²) in [6.45, 7) is 15.8. The van der Waals surface area contributed by atoms with Crippen LogP contribution in [0.2, 0.25) is 0 Å². The number of ether oxygens (including phenoxy) is 1. The molecule has 3 nitrogen and oxygen atoms in total. The lowest BCUT2D eigenvalue weighted by atomic mass is 9.80. The molecule has 0 spiro atoms. The molecule has 1 saturated heterocycles. The van der Waals surface area contributed by atoms with Gasteiger partial charge in [-0.3, -0.25) is 0 Å². The largest absolute Gasteiger partial charge is 0.457 e. The van der Waals surface area contributed by atoms with Crippen LogP contribution in [-0.2, 0) is 9.53 Å². The topological polar surface area (TPSA) is 29.5 Å². The van der Waals surface area contributed by atoms with E-state index in [9.17, 15) is 4.79 Å². The number of esters is 1. The Kier molecular flexibility index (Phi) is 7.27. The molecular weight excluding hydrogens is 286 g/mol. The van der Waals surface area contributed by atoms with Gasteiger partial charge >= 0.3 is 5.97 Å². The Morgan fingerprint density at radius 1 is 1.30 bits per heavy atom. The first-order valence-corrected chi connectivity index (χ1v) is 8.57. The molecule has 1 heterocycles. The summed E-state index contributed by atoms with van der Waals surface area (Å²) in [6.07, 6.45) is 7.84. The van der Waals surface area contributed by atoms with Gasteiger partial charge in [0.15, 0.2) is 0 Å². The van der Waals surface area contributed by atoms with Gasteiger partial charge in [0, 0.05) is 19.2 Å². The van der Waals surface area contributed by atoms with Crippen LogP contribution in [0.15, 0.2) is 36.0 Å². The highest BCUT2D eigenvalue weighted by atomic mass is 16.6. The number of hydrogen-bond donors (Lipinski definition) is 0. The second kappa shape index (κ2) is 8.49. The van der Waals surface area contributed by atoms with E-state index in [1.807, 2.05) is 33.8 Å². The molecule has 1 rings (SSSR count). The zero-order valence-corrected chi connectivity index (χ0v) is 15.7. The first kappa shape index (κ1) is 19.7. The van der Waals surface area contributed by atoms with Gasteiger partial charge in [0.1, 0.15) is 5.60 Å². The van der Waals surface area contributed by atoms with Crippen LogP contribution >= 0.6 is 0 Å². The van der Waals surface area contributed by atoms with Gasteiger partial charge in [0.05, 0.1) is 0 Å². The highest BCUT2D eigenvalue weighted by Gasteiger charge is 2.28. The molecule has 2 atom stereocenters. The molecule has 0 aliphatic carbocycles. The molecule has 130 valence electrons. The van der Waals surface area contributed by atoms with Gasteiger partial charge in [0.2, 0.25) is 0 Å². The molecule has 1 aliphatic rings. The molecule has 3 heteroatoms. The quantitative estimate of drug-likeness (QED) is 0.428. The van der Waals surface area contributed by atoms with E-state index in [0.29, 0.717) is 11.8 Å². The number of rotatable bonds is 5. The summed E-state index contributed by atoms with van der Waals surface area (Å²) >= 11 is 0. The average Bonchev–Trinajstić information content (AvgIpc) is 2.41. The third kappa shape index (κ3) is 6.74. The highest BCUT2D eigenvalue weighted by molar-refractivity contribution is 5.83. The van der Waals surface area contributed by atoms with Crippen molar-refractivity contribution in [3.8, 4) is 0 Å². The van der Waals surface area contributed by atoms with E-state index in [0.717, 1.165) is 31.5 Å².